The minimum absolute atomic E-state index is 0.557. The predicted molar refractivity (Wildman–Crippen MR) is 119 cm³/mol. The third-order valence-electron chi connectivity index (χ3n) is 5.17. The summed E-state index contributed by atoms with van der Waals surface area (Å²) in [5.41, 5.74) is 6.50. The zero-order valence-electron chi connectivity index (χ0n) is 17.4. The molecule has 5 aromatic heterocycles. The van der Waals surface area contributed by atoms with Crippen LogP contribution in [0.25, 0.3) is 0 Å². The summed E-state index contributed by atoms with van der Waals surface area (Å²) in [6, 6.07) is 13.8. The zero-order chi connectivity index (χ0) is 21.6. The molecule has 0 amide bonds. The van der Waals surface area contributed by atoms with Gasteiger partial charge in [0.15, 0.2) is 0 Å². The lowest BCUT2D eigenvalue weighted by Gasteiger charge is -2.14. The van der Waals surface area contributed by atoms with Gasteiger partial charge >= 0.3 is 0 Å². The molecule has 5 aromatic rings. The van der Waals surface area contributed by atoms with E-state index in [0.29, 0.717) is 25.7 Å². The standard InChI is InChI=1S/C24H22N8/c1-2-8-25-17(5-1)13-20-22(15-19-7-4-10-29-32-19)30-21(14-18-6-3-9-26-18)23(31-20)16-24-27-11-12-28-24/h1-12,26H,13-16H2,(H,27,28). The third-order valence-corrected chi connectivity index (χ3v) is 5.17. The highest BCUT2D eigenvalue weighted by atomic mass is 15.1. The number of nitrogens with zero attached hydrogens (tertiary/aromatic N) is 6. The summed E-state index contributed by atoms with van der Waals surface area (Å²) >= 11 is 0. The Bertz CT molecular complexity index is 1150. The van der Waals surface area contributed by atoms with E-state index in [1.807, 2.05) is 48.8 Å². The highest BCUT2D eigenvalue weighted by Crippen LogP contribution is 2.19. The second kappa shape index (κ2) is 9.30. The predicted octanol–water partition coefficient (Wildman–Crippen LogP) is 3.08. The van der Waals surface area contributed by atoms with Crippen LogP contribution in [0.15, 0.2) is 73.4 Å². The quantitative estimate of drug-likeness (QED) is 0.398. The summed E-state index contributed by atoms with van der Waals surface area (Å²) in [5.74, 6) is 0.859. The molecule has 0 fully saturated rings. The topological polar surface area (TPSA) is 109 Å². The van der Waals surface area contributed by atoms with Gasteiger partial charge in [-0.15, -0.1) is 0 Å². The van der Waals surface area contributed by atoms with Crippen LogP contribution in [0.5, 0.6) is 0 Å². The first-order chi connectivity index (χ1) is 15.8. The molecule has 8 nitrogen and oxygen atoms in total. The van der Waals surface area contributed by atoms with Gasteiger partial charge in [-0.2, -0.15) is 10.2 Å². The van der Waals surface area contributed by atoms with Crippen LogP contribution < -0.4 is 0 Å². The van der Waals surface area contributed by atoms with Crippen LogP contribution in [0.3, 0.4) is 0 Å². The fourth-order valence-corrected chi connectivity index (χ4v) is 3.63. The molecule has 2 N–H and O–H groups in total. The first kappa shape index (κ1) is 19.7. The number of rotatable bonds is 8. The second-order valence-electron chi connectivity index (χ2n) is 7.48. The van der Waals surface area contributed by atoms with Crippen molar-refractivity contribution < 1.29 is 0 Å². The van der Waals surface area contributed by atoms with E-state index in [4.69, 9.17) is 9.97 Å². The van der Waals surface area contributed by atoms with E-state index in [0.717, 1.165) is 45.7 Å². The maximum Gasteiger partial charge on any atom is 0.112 e. The molecule has 0 atom stereocenters. The molecule has 0 radical (unpaired) electrons. The van der Waals surface area contributed by atoms with Crippen molar-refractivity contribution >= 4 is 0 Å². The van der Waals surface area contributed by atoms with Crippen molar-refractivity contribution in [3.05, 3.63) is 119 Å². The van der Waals surface area contributed by atoms with Gasteiger partial charge in [-0.25, -0.2) is 4.98 Å². The van der Waals surface area contributed by atoms with Gasteiger partial charge in [0.2, 0.25) is 0 Å². The van der Waals surface area contributed by atoms with Crippen LogP contribution in [0.1, 0.15) is 45.7 Å². The molecule has 5 rings (SSSR count). The average Bonchev–Trinajstić information content (AvgIpc) is 3.52. The number of hydrogen-bond acceptors (Lipinski definition) is 6. The molecule has 0 saturated heterocycles. The van der Waals surface area contributed by atoms with Crippen molar-refractivity contribution in [1.82, 2.24) is 40.1 Å². The minimum Gasteiger partial charge on any atom is -0.365 e. The largest absolute Gasteiger partial charge is 0.365 e. The van der Waals surface area contributed by atoms with Gasteiger partial charge < -0.3 is 9.97 Å². The number of pyridine rings is 1. The van der Waals surface area contributed by atoms with Gasteiger partial charge in [0.05, 0.1) is 28.5 Å². The Balaban J connectivity index is 1.58. The molecule has 0 aliphatic carbocycles. The summed E-state index contributed by atoms with van der Waals surface area (Å²) in [5, 5.41) is 8.27. The first-order valence-electron chi connectivity index (χ1n) is 10.5. The number of H-pyrrole nitrogens is 2. The van der Waals surface area contributed by atoms with Crippen molar-refractivity contribution in [3.63, 3.8) is 0 Å². The molecule has 0 unspecified atom stereocenters. The Morgan fingerprint density at radius 1 is 0.594 bits per heavy atom. The lowest BCUT2D eigenvalue weighted by Crippen LogP contribution is -2.13. The molecule has 0 aliphatic heterocycles. The van der Waals surface area contributed by atoms with Gasteiger partial charge in [-0.1, -0.05) is 6.07 Å². The summed E-state index contributed by atoms with van der Waals surface area (Å²) in [7, 11) is 0. The molecule has 32 heavy (non-hydrogen) atoms. The average molecular weight is 422 g/mol. The maximum atomic E-state index is 5.10. The Kier molecular flexibility index (Phi) is 5.74. The van der Waals surface area contributed by atoms with E-state index in [1.165, 1.54) is 0 Å². The summed E-state index contributed by atoms with van der Waals surface area (Å²) in [6.07, 6.45) is 11.4. The Morgan fingerprint density at radius 3 is 2.09 bits per heavy atom. The van der Waals surface area contributed by atoms with Gasteiger partial charge in [0, 0.05) is 68.1 Å². The summed E-state index contributed by atoms with van der Waals surface area (Å²) in [4.78, 5) is 25.5. The lowest BCUT2D eigenvalue weighted by atomic mass is 10.1. The number of aromatic nitrogens is 8. The third kappa shape index (κ3) is 4.75. The van der Waals surface area contributed by atoms with Crippen molar-refractivity contribution in [2.24, 2.45) is 0 Å². The lowest BCUT2D eigenvalue weighted by molar-refractivity contribution is 0.809. The Morgan fingerprint density at radius 2 is 1.41 bits per heavy atom. The van der Waals surface area contributed by atoms with Crippen molar-refractivity contribution in [2.75, 3.05) is 0 Å². The van der Waals surface area contributed by atoms with Crippen molar-refractivity contribution in [3.8, 4) is 0 Å². The normalized spacial score (nSPS) is 11.0. The fraction of sp³-hybridized carbons (Fsp3) is 0.167. The smallest absolute Gasteiger partial charge is 0.112 e. The van der Waals surface area contributed by atoms with E-state index in [2.05, 4.69) is 36.2 Å². The monoisotopic (exact) mass is 422 g/mol. The molecule has 5 heterocycles. The van der Waals surface area contributed by atoms with E-state index < -0.39 is 0 Å². The number of nitrogens with one attached hydrogen (secondary N) is 2. The first-order valence-corrected chi connectivity index (χ1v) is 10.5. The molecule has 0 spiro atoms. The van der Waals surface area contributed by atoms with Gasteiger partial charge in [0.25, 0.3) is 0 Å². The van der Waals surface area contributed by atoms with E-state index in [-0.39, 0.29) is 0 Å². The highest BCUT2D eigenvalue weighted by molar-refractivity contribution is 5.31. The SMILES string of the molecule is c1ccc(Cc2nc(Cc3ncc[nH]3)c(Cc3ccc[nH]3)nc2Cc2cccnn2)nc1. The molecular weight excluding hydrogens is 400 g/mol. The number of imidazole rings is 1. The Labute approximate surface area is 185 Å². The molecular formula is C24H22N8. The van der Waals surface area contributed by atoms with E-state index in [1.54, 1.807) is 18.6 Å². The minimum atomic E-state index is 0.557. The summed E-state index contributed by atoms with van der Waals surface area (Å²) in [6.45, 7) is 0. The van der Waals surface area contributed by atoms with Crippen LogP contribution >= 0.6 is 0 Å². The van der Waals surface area contributed by atoms with Crippen LogP contribution in [0.2, 0.25) is 0 Å². The zero-order valence-corrected chi connectivity index (χ0v) is 17.4. The van der Waals surface area contributed by atoms with Crippen LogP contribution in [0.4, 0.5) is 0 Å². The fourth-order valence-electron chi connectivity index (χ4n) is 3.63. The highest BCUT2D eigenvalue weighted by Gasteiger charge is 2.17. The van der Waals surface area contributed by atoms with Gasteiger partial charge in [0.1, 0.15) is 5.82 Å². The van der Waals surface area contributed by atoms with Gasteiger partial charge in [-0.05, 0) is 36.4 Å². The molecule has 0 saturated carbocycles. The van der Waals surface area contributed by atoms with Crippen molar-refractivity contribution in [1.29, 1.82) is 0 Å². The number of hydrogen-bond donors (Lipinski definition) is 2. The molecule has 0 aliphatic rings. The molecule has 8 heteroatoms. The van der Waals surface area contributed by atoms with Crippen LogP contribution in [-0.2, 0) is 25.7 Å². The molecule has 158 valence electrons. The number of aromatic amines is 2. The van der Waals surface area contributed by atoms with Crippen LogP contribution in [-0.4, -0.2) is 40.1 Å². The Hall–Kier alpha value is -4.20. The van der Waals surface area contributed by atoms with E-state index in [9.17, 15) is 0 Å². The van der Waals surface area contributed by atoms with Gasteiger partial charge in [-0.3, -0.25) is 15.0 Å². The molecule has 0 aromatic carbocycles. The van der Waals surface area contributed by atoms with Crippen molar-refractivity contribution in [2.45, 2.75) is 25.7 Å². The maximum absolute atomic E-state index is 5.10. The second-order valence-corrected chi connectivity index (χ2v) is 7.48. The van der Waals surface area contributed by atoms with E-state index >= 15 is 0 Å². The van der Waals surface area contributed by atoms with Crippen LogP contribution in [0, 0.1) is 0 Å². The molecule has 0 bridgehead atoms. The summed E-state index contributed by atoms with van der Waals surface area (Å²) < 4.78 is 0.